The molecule has 0 radical (unpaired) electrons. The summed E-state index contributed by atoms with van der Waals surface area (Å²) in [6.45, 7) is 17.1. The first-order chi connectivity index (χ1) is 5.93. The van der Waals surface area contributed by atoms with Gasteiger partial charge in [-0.15, -0.1) is 6.58 Å². The zero-order valence-electron chi connectivity index (χ0n) is 11.2. The fourth-order valence-electron chi connectivity index (χ4n) is 1.13. The quantitative estimate of drug-likeness (QED) is 0.605. The molecular formula is C13H33N. The van der Waals surface area contributed by atoms with Crippen LogP contribution in [0.5, 0.6) is 0 Å². The van der Waals surface area contributed by atoms with Gasteiger partial charge in [-0.2, -0.15) is 0 Å². The molecule has 1 atom stereocenters. The molecule has 90 valence electrons. The van der Waals surface area contributed by atoms with Crippen LogP contribution in [0.1, 0.15) is 62.2 Å². The van der Waals surface area contributed by atoms with Crippen molar-refractivity contribution in [2.75, 3.05) is 0 Å². The molecular weight excluding hydrogens is 170 g/mol. The fourth-order valence-corrected chi connectivity index (χ4v) is 1.13. The lowest BCUT2D eigenvalue weighted by Crippen LogP contribution is -2.11. The molecule has 14 heavy (non-hydrogen) atoms. The largest absolute Gasteiger partial charge is 0.344 e. The van der Waals surface area contributed by atoms with E-state index in [0.29, 0.717) is 5.41 Å². The first-order valence-corrected chi connectivity index (χ1v) is 5.57. The highest BCUT2D eigenvalue weighted by atomic mass is 14.2. The monoisotopic (exact) mass is 203 g/mol. The van der Waals surface area contributed by atoms with Crippen molar-refractivity contribution in [1.29, 1.82) is 0 Å². The molecule has 1 unspecified atom stereocenters. The third-order valence-corrected chi connectivity index (χ3v) is 2.12. The molecule has 0 bridgehead atoms. The van der Waals surface area contributed by atoms with Crippen LogP contribution in [0.15, 0.2) is 12.7 Å². The van der Waals surface area contributed by atoms with E-state index in [0.717, 1.165) is 5.92 Å². The Labute approximate surface area is 93.1 Å². The normalized spacial score (nSPS) is 11.9. The first kappa shape index (κ1) is 19.3. The Morgan fingerprint density at radius 2 is 1.64 bits per heavy atom. The molecule has 0 rings (SSSR count). The minimum atomic E-state index is 0. The minimum Gasteiger partial charge on any atom is -0.344 e. The van der Waals surface area contributed by atoms with E-state index >= 15 is 0 Å². The van der Waals surface area contributed by atoms with Crippen LogP contribution in [0.4, 0.5) is 0 Å². The molecule has 0 saturated carbocycles. The van der Waals surface area contributed by atoms with Crippen LogP contribution >= 0.6 is 0 Å². The summed E-state index contributed by atoms with van der Waals surface area (Å²) in [5.74, 6) is 0.827. The van der Waals surface area contributed by atoms with Crippen molar-refractivity contribution < 1.29 is 1.43 Å². The van der Waals surface area contributed by atoms with Crippen molar-refractivity contribution in [3.8, 4) is 0 Å². The van der Waals surface area contributed by atoms with Gasteiger partial charge in [-0.05, 0) is 17.8 Å². The van der Waals surface area contributed by atoms with Gasteiger partial charge in [-0.25, -0.2) is 0 Å². The van der Waals surface area contributed by atoms with Crippen molar-refractivity contribution in [3.05, 3.63) is 12.7 Å². The van der Waals surface area contributed by atoms with Gasteiger partial charge in [0.1, 0.15) is 0 Å². The van der Waals surface area contributed by atoms with Gasteiger partial charge in [0.15, 0.2) is 0 Å². The number of hydrogen-bond acceptors (Lipinski definition) is 1. The van der Waals surface area contributed by atoms with Crippen LogP contribution in [0.25, 0.3) is 0 Å². The third kappa shape index (κ3) is 14.2. The highest BCUT2D eigenvalue weighted by molar-refractivity contribution is 4.88. The summed E-state index contributed by atoms with van der Waals surface area (Å²) in [5.41, 5.74) is 0.329. The number of allylic oxidation sites excluding steroid dienone is 1. The van der Waals surface area contributed by atoms with Gasteiger partial charge in [0.25, 0.3) is 0 Å². The molecule has 0 saturated heterocycles. The second kappa shape index (κ2) is 10.8. The van der Waals surface area contributed by atoms with Crippen molar-refractivity contribution in [3.63, 3.8) is 0 Å². The maximum Gasteiger partial charge on any atom is 0 e. The predicted octanol–water partition coefficient (Wildman–Crippen LogP) is 5.46. The van der Waals surface area contributed by atoms with Crippen LogP contribution < -0.4 is 6.15 Å². The van der Waals surface area contributed by atoms with Gasteiger partial charge in [-0.1, -0.05) is 60.5 Å². The van der Waals surface area contributed by atoms with E-state index in [1.807, 2.05) is 0 Å². The van der Waals surface area contributed by atoms with Crippen molar-refractivity contribution >= 4 is 0 Å². The summed E-state index contributed by atoms with van der Waals surface area (Å²) in [6, 6.07) is 0. The second-order valence-electron chi connectivity index (χ2n) is 4.62. The van der Waals surface area contributed by atoms with E-state index in [1.165, 1.54) is 19.3 Å². The Hall–Kier alpha value is -0.300. The average Bonchev–Trinajstić information content (AvgIpc) is 2.05. The SMILES string of the molecule is C=CC(C)(C)CC(C)CC.CCC.N.[HH]. The summed E-state index contributed by atoms with van der Waals surface area (Å²) >= 11 is 0. The van der Waals surface area contributed by atoms with E-state index < -0.39 is 0 Å². The molecule has 0 aliphatic carbocycles. The fraction of sp³-hybridized carbons (Fsp3) is 0.846. The van der Waals surface area contributed by atoms with Gasteiger partial charge in [0, 0.05) is 1.43 Å². The molecule has 0 amide bonds. The van der Waals surface area contributed by atoms with Crippen molar-refractivity contribution in [1.82, 2.24) is 6.15 Å². The zero-order chi connectivity index (χ0) is 10.9. The molecule has 0 fully saturated rings. The van der Waals surface area contributed by atoms with Crippen LogP contribution in [-0.4, -0.2) is 0 Å². The van der Waals surface area contributed by atoms with Gasteiger partial charge in [0.2, 0.25) is 0 Å². The first-order valence-electron chi connectivity index (χ1n) is 5.57. The second-order valence-corrected chi connectivity index (χ2v) is 4.62. The summed E-state index contributed by atoms with van der Waals surface area (Å²) in [7, 11) is 0. The van der Waals surface area contributed by atoms with Crippen LogP contribution in [0, 0.1) is 11.3 Å². The molecule has 1 heteroatoms. The Morgan fingerprint density at radius 3 is 1.86 bits per heavy atom. The number of rotatable bonds is 4. The molecule has 0 spiro atoms. The predicted molar refractivity (Wildman–Crippen MR) is 71.2 cm³/mol. The molecule has 0 aliphatic heterocycles. The average molecular weight is 203 g/mol. The molecule has 0 aromatic heterocycles. The molecule has 1 nitrogen and oxygen atoms in total. The lowest BCUT2D eigenvalue weighted by molar-refractivity contribution is 0.343. The van der Waals surface area contributed by atoms with E-state index in [2.05, 4.69) is 54.2 Å². The van der Waals surface area contributed by atoms with Gasteiger partial charge >= 0.3 is 0 Å². The lowest BCUT2D eigenvalue weighted by atomic mass is 9.83. The molecule has 0 aromatic rings. The summed E-state index contributed by atoms with van der Waals surface area (Å²) in [6.07, 6.45) is 5.84. The molecule has 0 heterocycles. The Balaban J connectivity index is -0.000000108. The summed E-state index contributed by atoms with van der Waals surface area (Å²) in [4.78, 5) is 0. The lowest BCUT2D eigenvalue weighted by Gasteiger charge is -2.23. The summed E-state index contributed by atoms with van der Waals surface area (Å²) < 4.78 is 0. The maximum atomic E-state index is 3.82. The highest BCUT2D eigenvalue weighted by Gasteiger charge is 2.15. The van der Waals surface area contributed by atoms with E-state index in [9.17, 15) is 0 Å². The Kier molecular flexibility index (Phi) is 14.9. The van der Waals surface area contributed by atoms with Crippen LogP contribution in [0.3, 0.4) is 0 Å². The van der Waals surface area contributed by atoms with Gasteiger partial charge in [0.05, 0.1) is 0 Å². The minimum absolute atomic E-state index is 0. The summed E-state index contributed by atoms with van der Waals surface area (Å²) in [5, 5.41) is 0. The Bertz CT molecular complexity index is 122. The number of hydrogen-bond donors (Lipinski definition) is 1. The van der Waals surface area contributed by atoms with Crippen LogP contribution in [-0.2, 0) is 0 Å². The molecule has 0 aromatic carbocycles. The topological polar surface area (TPSA) is 35.0 Å². The maximum absolute atomic E-state index is 3.82. The molecule has 3 N–H and O–H groups in total. The van der Waals surface area contributed by atoms with Gasteiger partial charge in [-0.3, -0.25) is 0 Å². The van der Waals surface area contributed by atoms with E-state index in [1.54, 1.807) is 0 Å². The van der Waals surface area contributed by atoms with E-state index in [-0.39, 0.29) is 7.58 Å². The Morgan fingerprint density at radius 1 is 1.29 bits per heavy atom. The highest BCUT2D eigenvalue weighted by Crippen LogP contribution is 2.27. The third-order valence-electron chi connectivity index (χ3n) is 2.12. The molecule has 0 aliphatic rings. The zero-order valence-corrected chi connectivity index (χ0v) is 11.2. The van der Waals surface area contributed by atoms with E-state index in [4.69, 9.17) is 0 Å². The van der Waals surface area contributed by atoms with Crippen molar-refractivity contribution in [2.45, 2.75) is 60.8 Å². The van der Waals surface area contributed by atoms with Gasteiger partial charge < -0.3 is 6.15 Å². The van der Waals surface area contributed by atoms with Crippen molar-refractivity contribution in [2.24, 2.45) is 11.3 Å². The van der Waals surface area contributed by atoms with Crippen LogP contribution in [0.2, 0.25) is 0 Å². The smallest absolute Gasteiger partial charge is 0 e. The standard InChI is InChI=1S/C10H20.C3H8.H3N.H2/c1-6-9(3)8-10(4,5)7-2;1-3-2;;/h7,9H,2,6,8H2,1,3-5H3;3H2,1-2H3;1H3;1H.